The van der Waals surface area contributed by atoms with Gasteiger partial charge in [-0.05, 0) is 0 Å². The van der Waals surface area contributed by atoms with Crippen molar-refractivity contribution in [2.45, 2.75) is 6.42 Å². The van der Waals surface area contributed by atoms with Gasteiger partial charge in [0.1, 0.15) is 0 Å². The zero-order chi connectivity index (χ0) is 9.90. The summed E-state index contributed by atoms with van der Waals surface area (Å²) >= 11 is 5.52. The van der Waals surface area contributed by atoms with Crippen LogP contribution >= 0.6 is 11.6 Å². The minimum absolute atomic E-state index is 0. The summed E-state index contributed by atoms with van der Waals surface area (Å²) in [5.74, 6) is 0.642. The Morgan fingerprint density at radius 3 is 2.29 bits per heavy atom. The van der Waals surface area contributed by atoms with E-state index >= 15 is 0 Å². The summed E-state index contributed by atoms with van der Waals surface area (Å²) in [7, 11) is 4.40. The molecule has 0 aromatic carbocycles. The molecule has 0 aromatic rings. The zero-order valence-electron chi connectivity index (χ0n) is 8.80. The largest absolute Gasteiger partial charge is 1.00 e. The van der Waals surface area contributed by atoms with Gasteiger partial charge in [-0.1, -0.05) is 0 Å². The highest BCUT2D eigenvalue weighted by molar-refractivity contribution is 6.18. The molecule has 1 saturated heterocycles. The van der Waals surface area contributed by atoms with E-state index in [4.69, 9.17) is 11.6 Å². The maximum absolute atomic E-state index is 11.4. The van der Waals surface area contributed by atoms with Gasteiger partial charge in [-0.25, -0.2) is 0 Å². The molecule has 0 radical (unpaired) electrons. The number of likely N-dealkylation sites (N-methyl/N-ethyl adjacent to an activating group) is 1. The van der Waals surface area contributed by atoms with Crippen LogP contribution in [0.1, 0.15) is 6.42 Å². The van der Waals surface area contributed by atoms with E-state index in [9.17, 15) is 4.79 Å². The highest BCUT2D eigenvalue weighted by Crippen LogP contribution is 2.07. The summed E-state index contributed by atoms with van der Waals surface area (Å²) in [6.07, 6.45) is 0.481. The zero-order valence-corrected chi connectivity index (χ0v) is 11.7. The van der Waals surface area contributed by atoms with Crippen molar-refractivity contribution >= 4 is 17.5 Å². The summed E-state index contributed by atoms with van der Waals surface area (Å²) < 4.78 is 1.02. The Labute approximate surface area is 108 Å². The SMILES string of the molecule is C[N+]1(C)CCN(C(=O)CCCl)CC1.[I-]. The number of carbonyl (C=O) groups is 1. The Kier molecular flexibility index (Phi) is 6.32. The van der Waals surface area contributed by atoms with Crippen molar-refractivity contribution in [3.05, 3.63) is 0 Å². The summed E-state index contributed by atoms with van der Waals surface area (Å²) in [5.41, 5.74) is 0. The molecule has 0 aliphatic carbocycles. The maximum atomic E-state index is 11.4. The number of quaternary nitrogens is 1. The molecule has 0 atom stereocenters. The molecular weight excluding hydrogens is 314 g/mol. The van der Waals surface area contributed by atoms with Gasteiger partial charge in [0.25, 0.3) is 0 Å². The lowest BCUT2D eigenvalue weighted by molar-refractivity contribution is -0.894. The number of nitrogens with zero attached hydrogens (tertiary/aromatic N) is 2. The number of halogens is 2. The number of alkyl halides is 1. The average Bonchev–Trinajstić information content (AvgIpc) is 2.04. The van der Waals surface area contributed by atoms with Crippen molar-refractivity contribution in [3.8, 4) is 0 Å². The molecule has 5 heteroatoms. The third kappa shape index (κ3) is 4.31. The van der Waals surface area contributed by atoms with Gasteiger partial charge in [-0.15, -0.1) is 11.6 Å². The van der Waals surface area contributed by atoms with Gasteiger partial charge in [0.15, 0.2) is 0 Å². The Bertz CT molecular complexity index is 189. The first-order valence-corrected chi connectivity index (χ1v) is 5.24. The monoisotopic (exact) mass is 332 g/mol. The van der Waals surface area contributed by atoms with E-state index in [0.29, 0.717) is 12.3 Å². The molecular formula is C9H18ClIN2O. The quantitative estimate of drug-likeness (QED) is 0.312. The van der Waals surface area contributed by atoms with E-state index in [0.717, 1.165) is 30.7 Å². The van der Waals surface area contributed by atoms with Crippen molar-refractivity contribution in [1.82, 2.24) is 4.90 Å². The molecule has 1 aliphatic rings. The normalized spacial score (nSPS) is 20.1. The lowest BCUT2D eigenvalue weighted by Gasteiger charge is -2.39. The minimum Gasteiger partial charge on any atom is -1.00 e. The van der Waals surface area contributed by atoms with Gasteiger partial charge in [0.2, 0.25) is 5.91 Å². The molecule has 1 amide bonds. The summed E-state index contributed by atoms with van der Waals surface area (Å²) in [4.78, 5) is 13.4. The van der Waals surface area contributed by atoms with Gasteiger partial charge in [-0.3, -0.25) is 4.79 Å². The van der Waals surface area contributed by atoms with E-state index < -0.39 is 0 Å². The predicted molar refractivity (Wildman–Crippen MR) is 53.8 cm³/mol. The highest BCUT2D eigenvalue weighted by Gasteiger charge is 2.26. The van der Waals surface area contributed by atoms with Crippen molar-refractivity contribution in [2.24, 2.45) is 0 Å². The van der Waals surface area contributed by atoms with E-state index in [1.165, 1.54) is 0 Å². The van der Waals surface area contributed by atoms with E-state index in [2.05, 4.69) is 14.1 Å². The van der Waals surface area contributed by atoms with E-state index in [1.807, 2.05) is 4.90 Å². The number of piperazine rings is 1. The van der Waals surface area contributed by atoms with E-state index in [-0.39, 0.29) is 29.9 Å². The number of rotatable bonds is 2. The molecule has 84 valence electrons. The lowest BCUT2D eigenvalue weighted by atomic mass is 10.2. The molecule has 14 heavy (non-hydrogen) atoms. The fourth-order valence-corrected chi connectivity index (χ4v) is 1.66. The fraction of sp³-hybridized carbons (Fsp3) is 0.889. The van der Waals surface area contributed by atoms with Crippen LogP contribution in [0.15, 0.2) is 0 Å². The van der Waals surface area contributed by atoms with Crippen LogP contribution < -0.4 is 24.0 Å². The summed E-state index contributed by atoms with van der Waals surface area (Å²) in [6.45, 7) is 3.85. The smallest absolute Gasteiger partial charge is 0.224 e. The van der Waals surface area contributed by atoms with Gasteiger partial charge in [0.05, 0.1) is 40.3 Å². The van der Waals surface area contributed by atoms with E-state index in [1.54, 1.807) is 0 Å². The molecule has 0 saturated carbocycles. The van der Waals surface area contributed by atoms with Crippen molar-refractivity contribution < 1.29 is 33.3 Å². The third-order valence-corrected chi connectivity index (χ3v) is 2.80. The van der Waals surface area contributed by atoms with Crippen molar-refractivity contribution in [2.75, 3.05) is 46.2 Å². The number of hydrogen-bond acceptors (Lipinski definition) is 1. The number of carbonyl (C=O) groups excluding carboxylic acids is 1. The maximum Gasteiger partial charge on any atom is 0.224 e. The first-order valence-electron chi connectivity index (χ1n) is 4.71. The van der Waals surface area contributed by atoms with Gasteiger partial charge in [-0.2, -0.15) is 0 Å². The molecule has 0 aromatic heterocycles. The Morgan fingerprint density at radius 2 is 1.86 bits per heavy atom. The van der Waals surface area contributed by atoms with Gasteiger partial charge < -0.3 is 33.4 Å². The van der Waals surface area contributed by atoms with Crippen molar-refractivity contribution in [3.63, 3.8) is 0 Å². The molecule has 0 bridgehead atoms. The van der Waals surface area contributed by atoms with Crippen molar-refractivity contribution in [1.29, 1.82) is 0 Å². The lowest BCUT2D eigenvalue weighted by Crippen LogP contribution is -3.00. The first-order chi connectivity index (χ1) is 6.05. The molecule has 1 rings (SSSR count). The fourth-order valence-electron chi connectivity index (χ4n) is 1.49. The van der Waals surface area contributed by atoms with Crippen LogP contribution in [-0.4, -0.2) is 61.4 Å². The molecule has 0 unspecified atom stereocenters. The molecule has 3 nitrogen and oxygen atoms in total. The Balaban J connectivity index is 0.00000169. The molecule has 1 heterocycles. The molecule has 1 fully saturated rings. The first kappa shape index (κ1) is 14.5. The molecule has 1 aliphatic heterocycles. The predicted octanol–water partition coefficient (Wildman–Crippen LogP) is -2.46. The van der Waals surface area contributed by atoms with Crippen LogP contribution in [-0.2, 0) is 4.79 Å². The average molecular weight is 333 g/mol. The molecule has 0 spiro atoms. The minimum atomic E-state index is 0. The number of amides is 1. The second kappa shape index (κ2) is 6.12. The third-order valence-electron chi connectivity index (χ3n) is 2.61. The second-order valence-electron chi connectivity index (χ2n) is 4.20. The van der Waals surface area contributed by atoms with Gasteiger partial charge >= 0.3 is 0 Å². The van der Waals surface area contributed by atoms with Crippen LogP contribution in [0.2, 0.25) is 0 Å². The van der Waals surface area contributed by atoms with Crippen LogP contribution in [0.25, 0.3) is 0 Å². The van der Waals surface area contributed by atoms with Gasteiger partial charge in [0, 0.05) is 12.3 Å². The van der Waals surface area contributed by atoms with Crippen LogP contribution in [0.3, 0.4) is 0 Å². The molecule has 0 N–H and O–H groups in total. The van der Waals surface area contributed by atoms with Crippen LogP contribution in [0.5, 0.6) is 0 Å². The second-order valence-corrected chi connectivity index (χ2v) is 4.58. The standard InChI is InChI=1S/C9H18ClN2O.HI/c1-12(2)7-5-11(6-8-12)9(13)3-4-10;/h3-8H2,1-2H3;1H/q+1;/p-1. The summed E-state index contributed by atoms with van der Waals surface area (Å²) in [5, 5.41) is 0. The van der Waals surface area contributed by atoms with Crippen LogP contribution in [0.4, 0.5) is 0 Å². The summed E-state index contributed by atoms with van der Waals surface area (Å²) in [6, 6.07) is 0. The number of hydrogen-bond donors (Lipinski definition) is 0. The van der Waals surface area contributed by atoms with Crippen LogP contribution in [0, 0.1) is 0 Å². The topological polar surface area (TPSA) is 20.3 Å². The Hall–Kier alpha value is 0.450. The Morgan fingerprint density at radius 1 is 1.36 bits per heavy atom. The highest BCUT2D eigenvalue weighted by atomic mass is 127.